The average Bonchev–Trinajstić information content (AvgIpc) is 2.28. The lowest BCUT2D eigenvalue weighted by Gasteiger charge is -2.08. The third-order valence-corrected chi connectivity index (χ3v) is 2.01. The van der Waals surface area contributed by atoms with E-state index in [1.807, 2.05) is 0 Å². The number of carbonyl (C=O) groups is 1. The predicted molar refractivity (Wildman–Crippen MR) is 61.4 cm³/mol. The number of nitrogens with one attached hydrogen (secondary N) is 2. The molecule has 0 radical (unpaired) electrons. The van der Waals surface area contributed by atoms with E-state index in [0.717, 1.165) is 0 Å². The van der Waals surface area contributed by atoms with Crippen molar-refractivity contribution in [1.82, 2.24) is 5.48 Å². The Kier molecular flexibility index (Phi) is 5.63. The molecule has 16 heavy (non-hydrogen) atoms. The lowest BCUT2D eigenvalue weighted by Crippen LogP contribution is -2.30. The molecule has 0 atom stereocenters. The van der Waals surface area contributed by atoms with Crippen molar-refractivity contribution in [3.8, 4) is 0 Å². The maximum atomic E-state index is 11.3. The van der Waals surface area contributed by atoms with Gasteiger partial charge in [0.05, 0.1) is 23.9 Å². The van der Waals surface area contributed by atoms with Crippen LogP contribution >= 0.6 is 11.6 Å². The molecule has 2 N–H and O–H groups in total. The number of urea groups is 1. The highest BCUT2D eigenvalue weighted by Crippen LogP contribution is 2.19. The number of ether oxygens (including phenoxy) is 1. The molecule has 5 nitrogen and oxygen atoms in total. The molecule has 0 aliphatic carbocycles. The van der Waals surface area contributed by atoms with Crippen molar-refractivity contribution in [2.45, 2.75) is 0 Å². The summed E-state index contributed by atoms with van der Waals surface area (Å²) < 4.78 is 4.74. The van der Waals surface area contributed by atoms with Crippen LogP contribution in [0.1, 0.15) is 0 Å². The van der Waals surface area contributed by atoms with Gasteiger partial charge in [0.25, 0.3) is 0 Å². The molecule has 0 spiro atoms. The van der Waals surface area contributed by atoms with Gasteiger partial charge in [-0.2, -0.15) is 0 Å². The average molecular weight is 245 g/mol. The number of hydrogen-bond donors (Lipinski definition) is 2. The van der Waals surface area contributed by atoms with Crippen LogP contribution in [0.2, 0.25) is 5.02 Å². The van der Waals surface area contributed by atoms with Crippen molar-refractivity contribution in [2.75, 3.05) is 25.6 Å². The van der Waals surface area contributed by atoms with E-state index in [2.05, 4.69) is 10.8 Å². The van der Waals surface area contributed by atoms with Gasteiger partial charge in [-0.25, -0.2) is 10.3 Å². The Balaban J connectivity index is 2.32. The molecule has 0 bridgehead atoms. The van der Waals surface area contributed by atoms with Crippen LogP contribution in [0.5, 0.6) is 0 Å². The fourth-order valence-corrected chi connectivity index (χ4v) is 1.13. The Morgan fingerprint density at radius 3 is 2.81 bits per heavy atom. The summed E-state index contributed by atoms with van der Waals surface area (Å²) in [6, 6.07) is 6.44. The molecule has 2 amide bonds. The molecule has 1 aromatic rings. The summed E-state index contributed by atoms with van der Waals surface area (Å²) in [5.74, 6) is 0. The van der Waals surface area contributed by atoms with Crippen molar-refractivity contribution in [3.63, 3.8) is 0 Å². The van der Waals surface area contributed by atoms with Crippen molar-refractivity contribution >= 4 is 23.3 Å². The number of amides is 2. The highest BCUT2D eigenvalue weighted by atomic mass is 35.5. The molecule has 0 heterocycles. The Labute approximate surface area is 98.6 Å². The number of carbonyl (C=O) groups excluding carboxylic acids is 1. The van der Waals surface area contributed by atoms with E-state index < -0.39 is 6.03 Å². The van der Waals surface area contributed by atoms with Gasteiger partial charge < -0.3 is 10.1 Å². The van der Waals surface area contributed by atoms with Crippen molar-refractivity contribution in [3.05, 3.63) is 29.3 Å². The molecule has 88 valence electrons. The molecule has 0 aliphatic heterocycles. The van der Waals surface area contributed by atoms with Crippen LogP contribution in [0, 0.1) is 0 Å². The zero-order chi connectivity index (χ0) is 11.8. The number of rotatable bonds is 5. The molecule has 0 aromatic heterocycles. The summed E-state index contributed by atoms with van der Waals surface area (Å²) in [5, 5.41) is 3.01. The second-order valence-electron chi connectivity index (χ2n) is 2.88. The van der Waals surface area contributed by atoms with Gasteiger partial charge in [-0.1, -0.05) is 23.7 Å². The number of anilines is 1. The summed E-state index contributed by atoms with van der Waals surface area (Å²) in [4.78, 5) is 16.1. The van der Waals surface area contributed by atoms with E-state index >= 15 is 0 Å². The van der Waals surface area contributed by atoms with Crippen LogP contribution < -0.4 is 10.8 Å². The first kappa shape index (κ1) is 12.8. The van der Waals surface area contributed by atoms with E-state index in [0.29, 0.717) is 17.3 Å². The largest absolute Gasteiger partial charge is 0.382 e. The molecule has 0 saturated heterocycles. The molecule has 1 aromatic carbocycles. The van der Waals surface area contributed by atoms with Gasteiger partial charge in [-0.15, -0.1) is 0 Å². The maximum Gasteiger partial charge on any atom is 0.343 e. The fourth-order valence-electron chi connectivity index (χ4n) is 0.952. The number of halogens is 1. The number of hydrogen-bond acceptors (Lipinski definition) is 3. The Hall–Kier alpha value is -1.30. The first-order valence-electron chi connectivity index (χ1n) is 4.66. The minimum absolute atomic E-state index is 0.284. The minimum atomic E-state index is -0.482. The summed E-state index contributed by atoms with van der Waals surface area (Å²) >= 11 is 5.85. The third-order valence-electron chi connectivity index (χ3n) is 1.68. The van der Waals surface area contributed by atoms with Gasteiger partial charge in [0.2, 0.25) is 0 Å². The molecule has 0 unspecified atom stereocenters. The first-order valence-corrected chi connectivity index (χ1v) is 5.04. The third kappa shape index (κ3) is 4.48. The molecule has 6 heteroatoms. The summed E-state index contributed by atoms with van der Waals surface area (Å²) in [7, 11) is 1.55. The fraction of sp³-hybridized carbons (Fsp3) is 0.300. The molecule has 0 fully saturated rings. The van der Waals surface area contributed by atoms with E-state index in [-0.39, 0.29) is 6.61 Å². The molecule has 0 aliphatic rings. The first-order chi connectivity index (χ1) is 7.74. The second-order valence-corrected chi connectivity index (χ2v) is 3.28. The number of benzene rings is 1. The number of hydroxylamine groups is 1. The number of para-hydroxylation sites is 1. The van der Waals surface area contributed by atoms with E-state index in [4.69, 9.17) is 21.2 Å². The van der Waals surface area contributed by atoms with Crippen molar-refractivity contribution in [2.24, 2.45) is 0 Å². The number of methoxy groups -OCH3 is 1. The van der Waals surface area contributed by atoms with Crippen molar-refractivity contribution in [1.29, 1.82) is 0 Å². The smallest absolute Gasteiger partial charge is 0.343 e. The lowest BCUT2D eigenvalue weighted by molar-refractivity contribution is 0.0272. The zero-order valence-corrected chi connectivity index (χ0v) is 9.58. The monoisotopic (exact) mass is 244 g/mol. The second kappa shape index (κ2) is 7.05. The van der Waals surface area contributed by atoms with Crippen LogP contribution in [-0.2, 0) is 9.57 Å². The van der Waals surface area contributed by atoms with Crippen LogP contribution in [0.25, 0.3) is 0 Å². The van der Waals surface area contributed by atoms with Gasteiger partial charge in [-0.3, -0.25) is 4.84 Å². The van der Waals surface area contributed by atoms with E-state index in [9.17, 15) is 4.79 Å². The van der Waals surface area contributed by atoms with E-state index in [1.165, 1.54) is 0 Å². The van der Waals surface area contributed by atoms with Gasteiger partial charge in [0, 0.05) is 7.11 Å². The standard InChI is InChI=1S/C10H13ClN2O3/c1-15-6-7-16-13-10(14)12-9-5-3-2-4-8(9)11/h2-5H,6-7H2,1H3,(H2,12,13,14). The summed E-state index contributed by atoms with van der Waals surface area (Å²) in [6.45, 7) is 0.693. The highest BCUT2D eigenvalue weighted by Gasteiger charge is 2.03. The lowest BCUT2D eigenvalue weighted by atomic mass is 10.3. The summed E-state index contributed by atoms with van der Waals surface area (Å²) in [6.07, 6.45) is 0. The zero-order valence-electron chi connectivity index (χ0n) is 8.83. The van der Waals surface area contributed by atoms with Gasteiger partial charge in [0.15, 0.2) is 0 Å². The Morgan fingerprint density at radius 1 is 1.38 bits per heavy atom. The molecule has 1 rings (SSSR count). The summed E-state index contributed by atoms with van der Waals surface area (Å²) in [5.41, 5.74) is 2.73. The molecular formula is C10H13ClN2O3. The van der Waals surface area contributed by atoms with Crippen LogP contribution in [0.3, 0.4) is 0 Å². The Bertz CT molecular complexity index is 347. The normalized spacial score (nSPS) is 9.88. The topological polar surface area (TPSA) is 59.6 Å². The van der Waals surface area contributed by atoms with E-state index in [1.54, 1.807) is 31.4 Å². The Morgan fingerprint density at radius 2 is 2.12 bits per heavy atom. The van der Waals surface area contributed by atoms with Crippen molar-refractivity contribution < 1.29 is 14.4 Å². The quantitative estimate of drug-likeness (QED) is 0.616. The highest BCUT2D eigenvalue weighted by molar-refractivity contribution is 6.33. The van der Waals surface area contributed by atoms with Gasteiger partial charge in [0.1, 0.15) is 0 Å². The van der Waals surface area contributed by atoms with Crippen LogP contribution in [-0.4, -0.2) is 26.4 Å². The maximum absolute atomic E-state index is 11.3. The van der Waals surface area contributed by atoms with Crippen LogP contribution in [0.4, 0.5) is 10.5 Å². The van der Waals surface area contributed by atoms with Crippen LogP contribution in [0.15, 0.2) is 24.3 Å². The predicted octanol–water partition coefficient (Wildman–Crippen LogP) is 2.04. The molecule has 0 saturated carbocycles. The van der Waals surface area contributed by atoms with Gasteiger partial charge in [-0.05, 0) is 12.1 Å². The van der Waals surface area contributed by atoms with Gasteiger partial charge >= 0.3 is 6.03 Å². The SMILES string of the molecule is COCCONC(=O)Nc1ccccc1Cl. The minimum Gasteiger partial charge on any atom is -0.382 e. The molecular weight excluding hydrogens is 232 g/mol.